The number of ether oxygens (including phenoxy) is 1. The molecule has 2 aliphatic rings. The van der Waals surface area contributed by atoms with Crippen molar-refractivity contribution in [2.75, 3.05) is 24.6 Å². The fourth-order valence-corrected chi connectivity index (χ4v) is 2.92. The van der Waals surface area contributed by atoms with Gasteiger partial charge in [-0.1, -0.05) is 0 Å². The summed E-state index contributed by atoms with van der Waals surface area (Å²) in [5.41, 5.74) is 0.639. The van der Waals surface area contributed by atoms with Crippen molar-refractivity contribution in [1.82, 2.24) is 10.6 Å². The molecule has 0 unspecified atom stereocenters. The van der Waals surface area contributed by atoms with E-state index in [1.807, 2.05) is 0 Å². The fourth-order valence-electron chi connectivity index (χ4n) is 2.92. The van der Waals surface area contributed by atoms with Gasteiger partial charge in [0.15, 0.2) is 0 Å². The molecule has 1 aromatic carbocycles. The Hall–Kier alpha value is -2.15. The van der Waals surface area contributed by atoms with E-state index in [0.717, 1.165) is 19.4 Å². The number of urea groups is 1. The number of hydrogen-bond donors (Lipinski definition) is 2. The van der Waals surface area contributed by atoms with Gasteiger partial charge in [-0.25, -0.2) is 9.18 Å². The lowest BCUT2D eigenvalue weighted by atomic mass is 10.2. The summed E-state index contributed by atoms with van der Waals surface area (Å²) < 4.78 is 18.4. The van der Waals surface area contributed by atoms with Gasteiger partial charge in [0.2, 0.25) is 5.91 Å². The van der Waals surface area contributed by atoms with Crippen molar-refractivity contribution in [3.63, 3.8) is 0 Å². The second-order valence-electron chi connectivity index (χ2n) is 5.87. The zero-order valence-electron chi connectivity index (χ0n) is 12.8. The van der Waals surface area contributed by atoms with E-state index in [1.165, 1.54) is 12.1 Å². The van der Waals surface area contributed by atoms with E-state index in [9.17, 15) is 14.0 Å². The quantitative estimate of drug-likeness (QED) is 0.881. The predicted molar refractivity (Wildman–Crippen MR) is 82.7 cm³/mol. The monoisotopic (exact) mass is 321 g/mol. The molecule has 0 radical (unpaired) electrons. The second-order valence-corrected chi connectivity index (χ2v) is 5.87. The minimum Gasteiger partial charge on any atom is -0.376 e. The van der Waals surface area contributed by atoms with Crippen LogP contribution in [-0.4, -0.2) is 43.8 Å². The number of carbonyl (C=O) groups excluding carboxylic acids is 2. The van der Waals surface area contributed by atoms with Gasteiger partial charge < -0.3 is 20.3 Å². The molecule has 1 aromatic rings. The molecular formula is C16H20FN3O3. The van der Waals surface area contributed by atoms with E-state index in [2.05, 4.69) is 10.6 Å². The van der Waals surface area contributed by atoms with Gasteiger partial charge in [0.1, 0.15) is 5.82 Å². The van der Waals surface area contributed by atoms with E-state index in [0.29, 0.717) is 18.8 Å². The highest BCUT2D eigenvalue weighted by Crippen LogP contribution is 2.21. The number of halogens is 1. The molecule has 2 atom stereocenters. The highest BCUT2D eigenvalue weighted by molar-refractivity contribution is 5.96. The van der Waals surface area contributed by atoms with Crippen molar-refractivity contribution in [3.8, 4) is 0 Å². The zero-order valence-corrected chi connectivity index (χ0v) is 12.8. The molecule has 0 saturated carbocycles. The molecule has 0 aliphatic carbocycles. The Bertz CT molecular complexity index is 572. The lowest BCUT2D eigenvalue weighted by Crippen LogP contribution is -2.45. The first-order valence-electron chi connectivity index (χ1n) is 7.84. The molecular weight excluding hydrogens is 301 g/mol. The first-order valence-corrected chi connectivity index (χ1v) is 7.84. The van der Waals surface area contributed by atoms with Crippen LogP contribution in [0.5, 0.6) is 0 Å². The van der Waals surface area contributed by atoms with Crippen molar-refractivity contribution in [2.24, 2.45) is 0 Å². The third kappa shape index (κ3) is 3.98. The number of carbonyl (C=O) groups is 2. The Morgan fingerprint density at radius 1 is 1.35 bits per heavy atom. The van der Waals surface area contributed by atoms with Crippen LogP contribution >= 0.6 is 0 Å². The summed E-state index contributed by atoms with van der Waals surface area (Å²) in [4.78, 5) is 25.5. The molecule has 0 aromatic heterocycles. The molecule has 23 heavy (non-hydrogen) atoms. The number of nitrogens with one attached hydrogen (secondary N) is 2. The summed E-state index contributed by atoms with van der Waals surface area (Å²) in [6.45, 7) is 1.61. The standard InChI is InChI=1S/C16H20FN3O3/c17-11-3-5-13(6-4-11)20-10-12(8-15(20)21)19-16(22)18-9-14-2-1-7-23-14/h3-6,12,14H,1-2,7-10H2,(H2,18,19,22)/t12-,14+/m1/s1. The number of rotatable bonds is 4. The minimum absolute atomic E-state index is 0.0824. The third-order valence-corrected chi connectivity index (χ3v) is 4.11. The fraction of sp³-hybridized carbons (Fsp3) is 0.500. The molecule has 3 rings (SSSR count). The minimum atomic E-state index is -0.344. The van der Waals surface area contributed by atoms with Crippen molar-refractivity contribution in [2.45, 2.75) is 31.4 Å². The van der Waals surface area contributed by atoms with Crippen LogP contribution in [0.4, 0.5) is 14.9 Å². The maximum Gasteiger partial charge on any atom is 0.315 e. The molecule has 6 nitrogen and oxygen atoms in total. The van der Waals surface area contributed by atoms with Crippen molar-refractivity contribution in [3.05, 3.63) is 30.1 Å². The highest BCUT2D eigenvalue weighted by atomic mass is 19.1. The first-order chi connectivity index (χ1) is 11.1. The van der Waals surface area contributed by atoms with Crippen molar-refractivity contribution < 1.29 is 18.7 Å². The summed E-state index contributed by atoms with van der Waals surface area (Å²) in [6.07, 6.45) is 2.31. The van der Waals surface area contributed by atoms with Gasteiger partial charge in [0.25, 0.3) is 0 Å². The average molecular weight is 321 g/mol. The molecule has 2 N–H and O–H groups in total. The Labute approximate surface area is 134 Å². The Morgan fingerprint density at radius 3 is 2.83 bits per heavy atom. The van der Waals surface area contributed by atoms with Gasteiger partial charge in [-0.2, -0.15) is 0 Å². The smallest absolute Gasteiger partial charge is 0.315 e. The maximum atomic E-state index is 13.0. The number of hydrogen-bond acceptors (Lipinski definition) is 3. The van der Waals surface area contributed by atoms with Crippen LogP contribution in [0.2, 0.25) is 0 Å². The van der Waals surface area contributed by atoms with E-state index in [1.54, 1.807) is 17.0 Å². The van der Waals surface area contributed by atoms with Crippen LogP contribution in [0, 0.1) is 5.82 Å². The van der Waals surface area contributed by atoms with Gasteiger partial charge in [-0.3, -0.25) is 4.79 Å². The highest BCUT2D eigenvalue weighted by Gasteiger charge is 2.31. The predicted octanol–water partition coefficient (Wildman–Crippen LogP) is 1.41. The SMILES string of the molecule is O=C(NC[C@@H]1CCCO1)N[C@@H]1CC(=O)N(c2ccc(F)cc2)C1. The average Bonchev–Trinajstić information content (AvgIpc) is 3.16. The van der Waals surface area contributed by atoms with E-state index in [4.69, 9.17) is 4.74 Å². The zero-order chi connectivity index (χ0) is 16.2. The largest absolute Gasteiger partial charge is 0.376 e. The molecule has 2 fully saturated rings. The summed E-state index contributed by atoms with van der Waals surface area (Å²) >= 11 is 0. The normalized spacial score (nSPS) is 24.0. The van der Waals surface area contributed by atoms with Crippen LogP contribution in [0.3, 0.4) is 0 Å². The number of amides is 3. The molecule has 0 bridgehead atoms. The van der Waals surface area contributed by atoms with Gasteiger partial charge in [-0.05, 0) is 37.1 Å². The summed E-state index contributed by atoms with van der Waals surface area (Å²) in [6, 6.07) is 5.21. The van der Waals surface area contributed by atoms with Gasteiger partial charge in [0.05, 0.1) is 12.1 Å². The van der Waals surface area contributed by atoms with Gasteiger partial charge >= 0.3 is 6.03 Å². The lowest BCUT2D eigenvalue weighted by Gasteiger charge is -2.18. The molecule has 0 spiro atoms. The molecule has 3 amide bonds. The Kier molecular flexibility index (Phi) is 4.76. The number of benzene rings is 1. The number of anilines is 1. The molecule has 2 heterocycles. The van der Waals surface area contributed by atoms with E-state index in [-0.39, 0.29) is 36.3 Å². The van der Waals surface area contributed by atoms with Crippen LogP contribution in [0.1, 0.15) is 19.3 Å². The van der Waals surface area contributed by atoms with Gasteiger partial charge in [0, 0.05) is 31.8 Å². The summed E-state index contributed by atoms with van der Waals surface area (Å²) in [5.74, 6) is -0.426. The van der Waals surface area contributed by atoms with Gasteiger partial charge in [-0.15, -0.1) is 0 Å². The first kappa shape index (κ1) is 15.7. The second kappa shape index (κ2) is 6.95. The topological polar surface area (TPSA) is 70.7 Å². The van der Waals surface area contributed by atoms with Crippen LogP contribution < -0.4 is 15.5 Å². The van der Waals surface area contributed by atoms with Crippen molar-refractivity contribution in [1.29, 1.82) is 0 Å². The van der Waals surface area contributed by atoms with E-state index >= 15 is 0 Å². The van der Waals surface area contributed by atoms with Crippen LogP contribution in [0.25, 0.3) is 0 Å². The van der Waals surface area contributed by atoms with Crippen molar-refractivity contribution >= 4 is 17.6 Å². The maximum absolute atomic E-state index is 13.0. The van der Waals surface area contributed by atoms with Crippen LogP contribution in [-0.2, 0) is 9.53 Å². The Balaban J connectivity index is 1.48. The number of nitrogens with zero attached hydrogens (tertiary/aromatic N) is 1. The third-order valence-electron chi connectivity index (χ3n) is 4.11. The lowest BCUT2D eigenvalue weighted by molar-refractivity contribution is -0.117. The van der Waals surface area contributed by atoms with E-state index < -0.39 is 0 Å². The Morgan fingerprint density at radius 2 is 2.13 bits per heavy atom. The molecule has 124 valence electrons. The molecule has 7 heteroatoms. The summed E-state index contributed by atoms with van der Waals surface area (Å²) in [5, 5.41) is 5.58. The summed E-state index contributed by atoms with van der Waals surface area (Å²) in [7, 11) is 0. The van der Waals surface area contributed by atoms with Crippen LogP contribution in [0.15, 0.2) is 24.3 Å². The molecule has 2 aliphatic heterocycles. The molecule has 2 saturated heterocycles.